The highest BCUT2D eigenvalue weighted by Crippen LogP contribution is 2.36. The van der Waals surface area contributed by atoms with E-state index in [4.69, 9.17) is 9.47 Å². The average Bonchev–Trinajstić information content (AvgIpc) is 3.24. The second-order valence-electron chi connectivity index (χ2n) is 7.36. The predicted molar refractivity (Wildman–Crippen MR) is 100.0 cm³/mol. The average molecular weight is 356 g/mol. The fourth-order valence-corrected chi connectivity index (χ4v) is 4.05. The minimum Gasteiger partial charge on any atom is -0.497 e. The van der Waals surface area contributed by atoms with Crippen LogP contribution in [0.1, 0.15) is 18.4 Å². The van der Waals surface area contributed by atoms with E-state index in [9.17, 15) is 4.39 Å². The molecule has 2 fully saturated rings. The molecule has 2 aliphatic rings. The Morgan fingerprint density at radius 1 is 1.19 bits per heavy atom. The highest BCUT2D eigenvalue weighted by atomic mass is 19.1. The summed E-state index contributed by atoms with van der Waals surface area (Å²) in [6.45, 7) is 3.54. The van der Waals surface area contributed by atoms with Crippen LogP contribution < -0.4 is 10.1 Å². The summed E-state index contributed by atoms with van der Waals surface area (Å²) in [7, 11) is 1.68. The number of methoxy groups -OCH3 is 1. The lowest BCUT2D eigenvalue weighted by atomic mass is 9.97. The van der Waals surface area contributed by atoms with E-state index >= 15 is 0 Å². The molecule has 1 spiro atoms. The minimum atomic E-state index is -0.182. The molecule has 0 bridgehead atoms. The van der Waals surface area contributed by atoms with Crippen LogP contribution >= 0.6 is 0 Å². The maximum atomic E-state index is 13.1. The molecule has 0 aromatic heterocycles. The topological polar surface area (TPSA) is 33.7 Å². The molecule has 2 aromatic rings. The number of hydrogen-bond donors (Lipinski definition) is 1. The molecule has 2 aromatic carbocycles. The molecule has 0 radical (unpaired) electrons. The lowest BCUT2D eigenvalue weighted by molar-refractivity contribution is 0.0120. The summed E-state index contributed by atoms with van der Waals surface area (Å²) in [5, 5.41) is 3.57. The Labute approximate surface area is 153 Å². The number of halogens is 1. The van der Waals surface area contributed by atoms with Crippen LogP contribution in [-0.2, 0) is 11.3 Å². The van der Waals surface area contributed by atoms with Crippen LogP contribution in [0.4, 0.5) is 10.1 Å². The number of anilines is 1. The normalized spacial score (nSPS) is 25.7. The van der Waals surface area contributed by atoms with Crippen LogP contribution in [0.15, 0.2) is 48.5 Å². The first kappa shape index (κ1) is 17.3. The van der Waals surface area contributed by atoms with Gasteiger partial charge in [-0.05, 0) is 48.4 Å². The molecule has 5 heteroatoms. The molecular weight excluding hydrogens is 331 g/mol. The van der Waals surface area contributed by atoms with Gasteiger partial charge in [-0.3, -0.25) is 4.90 Å². The van der Waals surface area contributed by atoms with Crippen LogP contribution in [0.3, 0.4) is 0 Å². The number of hydrogen-bond acceptors (Lipinski definition) is 4. The zero-order valence-corrected chi connectivity index (χ0v) is 15.1. The Morgan fingerprint density at radius 2 is 1.96 bits per heavy atom. The van der Waals surface area contributed by atoms with Crippen molar-refractivity contribution in [2.24, 2.45) is 0 Å². The summed E-state index contributed by atoms with van der Waals surface area (Å²) in [4.78, 5) is 2.41. The van der Waals surface area contributed by atoms with Crippen LogP contribution in [0, 0.1) is 5.82 Å². The smallest absolute Gasteiger partial charge is 0.123 e. The predicted octanol–water partition coefficient (Wildman–Crippen LogP) is 3.68. The van der Waals surface area contributed by atoms with Gasteiger partial charge in [0.25, 0.3) is 0 Å². The van der Waals surface area contributed by atoms with Crippen molar-refractivity contribution < 1.29 is 13.9 Å². The third-order valence-corrected chi connectivity index (χ3v) is 5.38. The Kier molecular flexibility index (Phi) is 4.83. The Morgan fingerprint density at radius 3 is 2.69 bits per heavy atom. The standard InChI is InChI=1S/C21H25FN2O2/c1-25-20-8-6-18(7-9-20)23-19-12-21(26-14-19)10-11-24(15-21)13-16-2-4-17(22)5-3-16/h2-9,19,23H,10-15H2,1H3/t19-,21-/m0/s1. The lowest BCUT2D eigenvalue weighted by Crippen LogP contribution is -2.33. The van der Waals surface area contributed by atoms with E-state index in [2.05, 4.69) is 10.2 Å². The first-order valence-electron chi connectivity index (χ1n) is 9.15. The second-order valence-corrected chi connectivity index (χ2v) is 7.36. The fraction of sp³-hybridized carbons (Fsp3) is 0.429. The fourth-order valence-electron chi connectivity index (χ4n) is 4.05. The van der Waals surface area contributed by atoms with E-state index in [-0.39, 0.29) is 11.4 Å². The molecule has 138 valence electrons. The van der Waals surface area contributed by atoms with Crippen molar-refractivity contribution in [2.45, 2.75) is 31.0 Å². The third-order valence-electron chi connectivity index (χ3n) is 5.38. The molecule has 0 amide bonds. The zero-order valence-electron chi connectivity index (χ0n) is 15.1. The summed E-state index contributed by atoms with van der Waals surface area (Å²) >= 11 is 0. The van der Waals surface area contributed by atoms with E-state index in [1.54, 1.807) is 7.11 Å². The van der Waals surface area contributed by atoms with Crippen molar-refractivity contribution in [3.8, 4) is 5.75 Å². The van der Waals surface area contributed by atoms with Gasteiger partial charge in [0, 0.05) is 31.7 Å². The first-order valence-corrected chi connectivity index (χ1v) is 9.15. The SMILES string of the molecule is COc1ccc(N[C@@H]2CO[C@@]3(CCN(Cc4ccc(F)cc4)C3)C2)cc1. The van der Waals surface area contributed by atoms with Gasteiger partial charge >= 0.3 is 0 Å². The molecule has 0 aliphatic carbocycles. The van der Waals surface area contributed by atoms with Crippen LogP contribution in [-0.4, -0.2) is 43.3 Å². The number of benzene rings is 2. The number of likely N-dealkylation sites (tertiary alicyclic amines) is 1. The second kappa shape index (κ2) is 7.25. The van der Waals surface area contributed by atoms with Crippen molar-refractivity contribution in [1.82, 2.24) is 4.90 Å². The number of ether oxygens (including phenoxy) is 2. The van der Waals surface area contributed by atoms with Gasteiger partial charge in [0.05, 0.1) is 25.4 Å². The van der Waals surface area contributed by atoms with Gasteiger partial charge in [0.15, 0.2) is 0 Å². The molecule has 26 heavy (non-hydrogen) atoms. The van der Waals surface area contributed by atoms with Crippen molar-refractivity contribution in [3.05, 3.63) is 59.9 Å². The number of nitrogens with zero attached hydrogens (tertiary/aromatic N) is 1. The third kappa shape index (κ3) is 3.84. The monoisotopic (exact) mass is 356 g/mol. The van der Waals surface area contributed by atoms with E-state index in [0.717, 1.165) is 56.1 Å². The summed E-state index contributed by atoms with van der Waals surface area (Å²) < 4.78 is 24.5. The lowest BCUT2D eigenvalue weighted by Gasteiger charge is -2.23. The largest absolute Gasteiger partial charge is 0.497 e. The van der Waals surface area contributed by atoms with Gasteiger partial charge in [0.1, 0.15) is 11.6 Å². The zero-order chi connectivity index (χ0) is 18.0. The van der Waals surface area contributed by atoms with E-state index < -0.39 is 0 Å². The van der Waals surface area contributed by atoms with Crippen molar-refractivity contribution in [3.63, 3.8) is 0 Å². The van der Waals surface area contributed by atoms with Gasteiger partial charge in [-0.2, -0.15) is 0 Å². The molecule has 2 heterocycles. The number of rotatable bonds is 5. The molecule has 4 nitrogen and oxygen atoms in total. The summed E-state index contributed by atoms with van der Waals surface area (Å²) in [6, 6.07) is 15.1. The van der Waals surface area contributed by atoms with Crippen molar-refractivity contribution in [2.75, 3.05) is 32.1 Å². The molecule has 2 saturated heterocycles. The Hall–Kier alpha value is -2.11. The maximum Gasteiger partial charge on any atom is 0.123 e. The van der Waals surface area contributed by atoms with Gasteiger partial charge < -0.3 is 14.8 Å². The molecule has 2 aliphatic heterocycles. The van der Waals surface area contributed by atoms with E-state index in [0.29, 0.717) is 6.04 Å². The Bertz CT molecular complexity index is 735. The highest BCUT2D eigenvalue weighted by Gasteiger charge is 2.45. The molecule has 0 saturated carbocycles. The van der Waals surface area contributed by atoms with Crippen molar-refractivity contribution >= 4 is 5.69 Å². The van der Waals surface area contributed by atoms with E-state index in [1.807, 2.05) is 36.4 Å². The summed E-state index contributed by atoms with van der Waals surface area (Å²) in [6.07, 6.45) is 2.06. The molecule has 4 rings (SSSR count). The van der Waals surface area contributed by atoms with Crippen LogP contribution in [0.2, 0.25) is 0 Å². The number of nitrogens with one attached hydrogen (secondary N) is 1. The van der Waals surface area contributed by atoms with Gasteiger partial charge in [0.2, 0.25) is 0 Å². The molecular formula is C21H25FN2O2. The van der Waals surface area contributed by atoms with Gasteiger partial charge in [-0.15, -0.1) is 0 Å². The van der Waals surface area contributed by atoms with Gasteiger partial charge in [-0.1, -0.05) is 12.1 Å². The highest BCUT2D eigenvalue weighted by molar-refractivity contribution is 5.47. The van der Waals surface area contributed by atoms with Crippen molar-refractivity contribution in [1.29, 1.82) is 0 Å². The van der Waals surface area contributed by atoms with E-state index in [1.165, 1.54) is 12.1 Å². The van der Waals surface area contributed by atoms with Crippen LogP contribution in [0.25, 0.3) is 0 Å². The first-order chi connectivity index (χ1) is 12.6. The molecule has 2 atom stereocenters. The Balaban J connectivity index is 1.32. The minimum absolute atomic E-state index is 0.0514. The van der Waals surface area contributed by atoms with Gasteiger partial charge in [-0.25, -0.2) is 4.39 Å². The summed E-state index contributed by atoms with van der Waals surface area (Å²) in [5.41, 5.74) is 2.19. The molecule has 1 N–H and O–H groups in total. The summed E-state index contributed by atoms with van der Waals surface area (Å²) in [5.74, 6) is 0.681. The molecule has 0 unspecified atom stereocenters. The van der Waals surface area contributed by atoms with Crippen LogP contribution in [0.5, 0.6) is 5.75 Å². The quantitative estimate of drug-likeness (QED) is 0.886. The maximum absolute atomic E-state index is 13.1.